The Hall–Kier alpha value is -3.43. The first-order chi connectivity index (χ1) is 15.8. The van der Waals surface area contributed by atoms with E-state index >= 15 is 0 Å². The van der Waals surface area contributed by atoms with E-state index in [1.54, 1.807) is 19.9 Å². The van der Waals surface area contributed by atoms with Gasteiger partial charge in [0.25, 0.3) is 6.36 Å². The van der Waals surface area contributed by atoms with Crippen LogP contribution in [0.3, 0.4) is 0 Å². The molecule has 0 saturated heterocycles. The molecule has 0 spiro atoms. The molecule has 2 N–H and O–H groups in total. The molecule has 0 aliphatic heterocycles. The maximum Gasteiger partial charge on any atom is 0.416 e. The molecule has 2 aromatic rings. The maximum absolute atomic E-state index is 14.0. The lowest BCUT2D eigenvalue weighted by molar-refractivity contribution is -0.137. The third-order valence-electron chi connectivity index (χ3n) is 4.69. The first kappa shape index (κ1) is 26.8. The Bertz CT molecular complexity index is 1070. The molecule has 34 heavy (non-hydrogen) atoms. The molecule has 0 fully saturated rings. The lowest BCUT2D eigenvalue weighted by Crippen LogP contribution is -2.26. The van der Waals surface area contributed by atoms with Crippen LogP contribution >= 0.6 is 0 Å². The Balaban J connectivity index is 2.58. The van der Waals surface area contributed by atoms with Gasteiger partial charge in [-0.05, 0) is 49.6 Å². The number of carbonyl (C=O) groups is 1. The number of hydrogen-bond donors (Lipinski definition) is 2. The number of rotatable bonds is 9. The number of halogens is 6. The van der Waals surface area contributed by atoms with Crippen LogP contribution in [0.25, 0.3) is 12.2 Å². The fraction of sp³-hybridized carbons (Fsp3) is 0.292. The Morgan fingerprint density at radius 1 is 1.12 bits per heavy atom. The standard InChI is InChI=1S/C24H22F6O4/c1-13(2)3-10-17-19(34-22(27)18(26)12-25)11-15(20(21(17)31)23(32)33)7-4-14-5-8-16(9-6-14)24(28,29)30/h3-9,11,18,22,31H,10,12H2,1-2H3,(H,32,33). The lowest BCUT2D eigenvalue weighted by Gasteiger charge is -2.19. The fourth-order valence-electron chi connectivity index (χ4n) is 2.90. The van der Waals surface area contributed by atoms with Gasteiger partial charge < -0.3 is 14.9 Å². The highest BCUT2D eigenvalue weighted by molar-refractivity contribution is 5.97. The second-order valence-electron chi connectivity index (χ2n) is 7.55. The number of benzene rings is 2. The molecule has 0 saturated carbocycles. The average molecular weight is 488 g/mol. The summed E-state index contributed by atoms with van der Waals surface area (Å²) in [7, 11) is 0. The maximum atomic E-state index is 14.0. The van der Waals surface area contributed by atoms with Gasteiger partial charge >= 0.3 is 12.1 Å². The molecule has 0 aliphatic carbocycles. The summed E-state index contributed by atoms with van der Waals surface area (Å²) >= 11 is 0. The SMILES string of the molecule is CC(C)=CCc1c(OC(F)C(F)CF)cc(C=Cc2ccc(C(F)(F)F)cc2)c(C(=O)O)c1O. The van der Waals surface area contributed by atoms with E-state index in [9.17, 15) is 41.4 Å². The van der Waals surface area contributed by atoms with Gasteiger partial charge in [-0.15, -0.1) is 0 Å². The number of alkyl halides is 6. The molecule has 0 aliphatic rings. The second-order valence-corrected chi connectivity index (χ2v) is 7.55. The highest BCUT2D eigenvalue weighted by Crippen LogP contribution is 2.37. The molecule has 0 amide bonds. The summed E-state index contributed by atoms with van der Waals surface area (Å²) in [5.41, 5.74) is -0.759. The largest absolute Gasteiger partial charge is 0.507 e. The van der Waals surface area contributed by atoms with Crippen LogP contribution in [0.15, 0.2) is 42.0 Å². The van der Waals surface area contributed by atoms with Crippen molar-refractivity contribution >= 4 is 18.1 Å². The molecule has 0 aromatic heterocycles. The summed E-state index contributed by atoms with van der Waals surface area (Å²) < 4.78 is 83.0. The number of allylic oxidation sites excluding steroid dienone is 2. The summed E-state index contributed by atoms with van der Waals surface area (Å²) in [4.78, 5) is 11.8. The smallest absolute Gasteiger partial charge is 0.416 e. The van der Waals surface area contributed by atoms with E-state index in [2.05, 4.69) is 0 Å². The van der Waals surface area contributed by atoms with Crippen LogP contribution in [0.2, 0.25) is 0 Å². The van der Waals surface area contributed by atoms with Gasteiger partial charge in [0.1, 0.15) is 23.7 Å². The van der Waals surface area contributed by atoms with Crippen molar-refractivity contribution in [3.8, 4) is 11.5 Å². The molecule has 0 heterocycles. The van der Waals surface area contributed by atoms with Crippen LogP contribution < -0.4 is 4.74 Å². The van der Waals surface area contributed by atoms with E-state index in [1.807, 2.05) is 0 Å². The monoisotopic (exact) mass is 488 g/mol. The van der Waals surface area contributed by atoms with E-state index in [0.717, 1.165) is 35.9 Å². The zero-order valence-electron chi connectivity index (χ0n) is 18.2. The van der Waals surface area contributed by atoms with Crippen molar-refractivity contribution in [1.82, 2.24) is 0 Å². The van der Waals surface area contributed by atoms with Crippen molar-refractivity contribution in [2.75, 3.05) is 6.67 Å². The number of carboxylic acid groups (broad SMARTS) is 1. The molecular formula is C24H22F6O4. The van der Waals surface area contributed by atoms with Crippen LogP contribution in [0.4, 0.5) is 26.3 Å². The normalized spacial score (nSPS) is 13.5. The van der Waals surface area contributed by atoms with Gasteiger partial charge in [0, 0.05) is 5.56 Å². The minimum atomic E-state index is -4.53. The number of phenols is 1. The van der Waals surface area contributed by atoms with Crippen LogP contribution in [-0.4, -0.2) is 35.4 Å². The Labute approximate surface area is 191 Å². The molecule has 184 valence electrons. The summed E-state index contributed by atoms with van der Waals surface area (Å²) in [5.74, 6) is -2.72. The van der Waals surface area contributed by atoms with Crippen LogP contribution in [0.5, 0.6) is 11.5 Å². The average Bonchev–Trinajstić information content (AvgIpc) is 2.75. The third-order valence-corrected chi connectivity index (χ3v) is 4.69. The van der Waals surface area contributed by atoms with Crippen molar-refractivity contribution in [3.63, 3.8) is 0 Å². The van der Waals surface area contributed by atoms with E-state index in [0.29, 0.717) is 0 Å². The number of ether oxygens (including phenoxy) is 1. The van der Waals surface area contributed by atoms with Crippen molar-refractivity contribution in [3.05, 3.63) is 69.8 Å². The Kier molecular flexibility index (Phi) is 8.78. The van der Waals surface area contributed by atoms with Crippen LogP contribution in [0.1, 0.15) is 46.5 Å². The Morgan fingerprint density at radius 3 is 2.24 bits per heavy atom. The van der Waals surface area contributed by atoms with E-state index < -0.39 is 54.0 Å². The molecule has 2 unspecified atom stereocenters. The number of aromatic carboxylic acids is 1. The van der Waals surface area contributed by atoms with Gasteiger partial charge in [0.05, 0.1) is 5.56 Å². The first-order valence-electron chi connectivity index (χ1n) is 9.96. The lowest BCUT2D eigenvalue weighted by atomic mass is 9.97. The van der Waals surface area contributed by atoms with Crippen molar-refractivity contribution in [1.29, 1.82) is 0 Å². The van der Waals surface area contributed by atoms with Gasteiger partial charge in [-0.1, -0.05) is 35.9 Å². The Morgan fingerprint density at radius 2 is 1.74 bits per heavy atom. The van der Waals surface area contributed by atoms with Gasteiger partial charge in [0.2, 0.25) is 0 Å². The molecule has 10 heteroatoms. The predicted octanol–water partition coefficient (Wildman–Crippen LogP) is 6.77. The zero-order chi connectivity index (χ0) is 25.6. The van der Waals surface area contributed by atoms with Crippen LogP contribution in [0, 0.1) is 0 Å². The molecule has 0 radical (unpaired) electrons. The molecule has 2 aromatic carbocycles. The van der Waals surface area contributed by atoms with Gasteiger partial charge in [-0.3, -0.25) is 0 Å². The molecule has 4 nitrogen and oxygen atoms in total. The number of aromatic hydroxyl groups is 1. The van der Waals surface area contributed by atoms with Crippen molar-refractivity contribution < 1.29 is 46.1 Å². The highest BCUT2D eigenvalue weighted by Gasteiger charge is 2.30. The van der Waals surface area contributed by atoms with E-state index in [1.165, 1.54) is 12.2 Å². The zero-order valence-corrected chi connectivity index (χ0v) is 18.2. The summed E-state index contributed by atoms with van der Waals surface area (Å²) in [5, 5.41) is 20.2. The summed E-state index contributed by atoms with van der Waals surface area (Å²) in [6.07, 6.45) is -5.94. The first-order valence-corrected chi connectivity index (χ1v) is 9.96. The molecule has 0 bridgehead atoms. The quantitative estimate of drug-likeness (QED) is 0.232. The topological polar surface area (TPSA) is 66.8 Å². The molecule has 2 rings (SSSR count). The number of hydrogen-bond acceptors (Lipinski definition) is 3. The predicted molar refractivity (Wildman–Crippen MR) is 115 cm³/mol. The fourth-order valence-corrected chi connectivity index (χ4v) is 2.90. The van der Waals surface area contributed by atoms with E-state index in [-0.39, 0.29) is 23.1 Å². The molecular weight excluding hydrogens is 466 g/mol. The minimum Gasteiger partial charge on any atom is -0.507 e. The highest BCUT2D eigenvalue weighted by atomic mass is 19.4. The number of carboxylic acids is 1. The summed E-state index contributed by atoms with van der Waals surface area (Å²) in [6.45, 7) is 1.77. The van der Waals surface area contributed by atoms with E-state index in [4.69, 9.17) is 4.74 Å². The van der Waals surface area contributed by atoms with Gasteiger partial charge in [-0.2, -0.15) is 17.6 Å². The third kappa shape index (κ3) is 6.79. The van der Waals surface area contributed by atoms with Crippen LogP contribution in [-0.2, 0) is 12.6 Å². The van der Waals surface area contributed by atoms with Gasteiger partial charge in [0.15, 0.2) is 6.17 Å². The van der Waals surface area contributed by atoms with Gasteiger partial charge in [-0.25, -0.2) is 13.6 Å². The van der Waals surface area contributed by atoms with Crippen molar-refractivity contribution in [2.45, 2.75) is 39.0 Å². The molecule has 2 atom stereocenters. The second kappa shape index (κ2) is 11.1. The minimum absolute atomic E-state index is 0.0913. The van der Waals surface area contributed by atoms with Crippen molar-refractivity contribution in [2.24, 2.45) is 0 Å². The summed E-state index contributed by atoms with van der Waals surface area (Å²) in [6, 6.07) is 4.99.